The third-order valence-corrected chi connectivity index (χ3v) is 0. The first-order chi connectivity index (χ1) is 0. The molecule has 0 aromatic heterocycles. The van der Waals surface area contributed by atoms with Crippen molar-refractivity contribution in [2.45, 2.75) is 0 Å². The molecule has 0 rings (SSSR count). The molecule has 0 saturated carbocycles. The summed E-state index contributed by atoms with van der Waals surface area (Å²) in [7, 11) is 0. The summed E-state index contributed by atoms with van der Waals surface area (Å²) in [6.45, 7) is 0. The van der Waals surface area contributed by atoms with E-state index >= 15 is 0 Å². The molecule has 0 aromatic rings. The van der Waals surface area contributed by atoms with E-state index in [2.05, 4.69) is 0 Å². The molecule has 0 aliphatic carbocycles. The first-order valence-electron chi connectivity index (χ1n) is 0. The molecule has 0 radical (unpaired) electrons. The van der Waals surface area contributed by atoms with E-state index in [0.29, 0.717) is 0 Å². The molecule has 0 amide bonds. The topological polar surface area (TPSA) is 60.0 Å². The minimum Gasteiger partial charge on any atom is -2.00 e. The summed E-state index contributed by atoms with van der Waals surface area (Å²) in [6.07, 6.45) is 0. The molecule has 4 heavy (non-hydrogen) atoms. The van der Waals surface area contributed by atoms with E-state index in [0.717, 1.165) is 0 Å². The largest absolute Gasteiger partial charge is 2.00 e. The van der Waals surface area contributed by atoms with Crippen molar-refractivity contribution in [3.8, 4) is 0 Å². The fourth-order valence-electron chi connectivity index (χ4n) is 0. The molecular formula is H2Cs2O2. The molecular weight excluding hydrogens is 298 g/mol. The predicted octanol–water partition coefficient (Wildman–Crippen LogP) is -6.94. The zero-order valence-corrected chi connectivity index (χ0v) is 15.5. The normalized spacial score (nSPS) is 0. The maximum atomic E-state index is 0. The molecule has 4 heteroatoms. The van der Waals surface area contributed by atoms with E-state index in [1.165, 1.54) is 0 Å². The van der Waals surface area contributed by atoms with Crippen molar-refractivity contribution in [3.05, 3.63) is 0 Å². The van der Waals surface area contributed by atoms with Crippen molar-refractivity contribution in [1.82, 2.24) is 0 Å². The fourth-order valence-corrected chi connectivity index (χ4v) is 0. The monoisotopic (exact) mass is 300 g/mol. The van der Waals surface area contributed by atoms with Crippen LogP contribution in [0.3, 0.4) is 0 Å². The van der Waals surface area contributed by atoms with Gasteiger partial charge in [-0.25, -0.2) is 0 Å². The van der Waals surface area contributed by atoms with Crippen LogP contribution in [0.2, 0.25) is 0 Å². The zero-order valence-electron chi connectivity index (χ0n) is 2.91. The Bertz CT molecular complexity index is 4.00. The van der Waals surface area contributed by atoms with Gasteiger partial charge in [-0.3, -0.25) is 0 Å². The summed E-state index contributed by atoms with van der Waals surface area (Å²) in [4.78, 5) is 0. The van der Waals surface area contributed by atoms with Crippen molar-refractivity contribution in [1.29, 1.82) is 0 Å². The van der Waals surface area contributed by atoms with E-state index < -0.39 is 0 Å². The van der Waals surface area contributed by atoms with Crippen molar-refractivity contribution in [3.63, 3.8) is 0 Å². The van der Waals surface area contributed by atoms with Crippen LogP contribution in [0.1, 0.15) is 0 Å². The molecule has 0 heterocycles. The Morgan fingerprint density at radius 1 is 0.750 bits per heavy atom. The molecule has 0 aliphatic rings. The Labute approximate surface area is 143 Å². The molecule has 0 fully saturated rings. The summed E-state index contributed by atoms with van der Waals surface area (Å²) in [5.74, 6) is 0. The van der Waals surface area contributed by atoms with Crippen molar-refractivity contribution in [2.24, 2.45) is 0 Å². The van der Waals surface area contributed by atoms with E-state index in [1.54, 1.807) is 0 Å². The third kappa shape index (κ3) is 9.39. The molecule has 0 saturated heterocycles. The molecule has 0 bridgehead atoms. The van der Waals surface area contributed by atoms with Gasteiger partial charge in [0.05, 0.1) is 0 Å². The third-order valence-electron chi connectivity index (χ3n) is 0. The van der Waals surface area contributed by atoms with Crippen LogP contribution in [-0.4, -0.2) is 5.48 Å². The van der Waals surface area contributed by atoms with Crippen molar-refractivity contribution >= 4 is 0 Å². The van der Waals surface area contributed by atoms with Gasteiger partial charge in [-0.1, -0.05) is 0 Å². The van der Waals surface area contributed by atoms with E-state index in [-0.39, 0.29) is 149 Å². The molecule has 0 unspecified atom stereocenters. The average molecular weight is 300 g/mol. The van der Waals surface area contributed by atoms with Gasteiger partial charge in [0.15, 0.2) is 0 Å². The molecule has 0 atom stereocenters. The Balaban J connectivity index is 0. The Morgan fingerprint density at radius 3 is 0.750 bits per heavy atom. The maximum absolute atomic E-state index is 0. The van der Waals surface area contributed by atoms with Gasteiger partial charge < -0.3 is 11.0 Å². The number of rotatable bonds is 0. The van der Waals surface area contributed by atoms with E-state index in [9.17, 15) is 0 Å². The Hall–Kier alpha value is 4.02. The Kier molecular flexibility index (Phi) is 96.2. The summed E-state index contributed by atoms with van der Waals surface area (Å²) >= 11 is 0. The van der Waals surface area contributed by atoms with Crippen LogP contribution in [0.5, 0.6) is 0 Å². The molecule has 2 N–H and O–H groups in total. The van der Waals surface area contributed by atoms with Crippen LogP contribution in [-0.2, 0) is 5.48 Å². The minimum absolute atomic E-state index is 0. The van der Waals surface area contributed by atoms with Crippen molar-refractivity contribution < 1.29 is 149 Å². The second-order valence-electron chi connectivity index (χ2n) is 0. The first kappa shape index (κ1) is 24.4. The van der Waals surface area contributed by atoms with Gasteiger partial charge in [0, 0.05) is 0 Å². The van der Waals surface area contributed by atoms with Gasteiger partial charge in [0.25, 0.3) is 0 Å². The average Bonchev–Trinajstić information content (AvgIpc) is 0. The van der Waals surface area contributed by atoms with Crippen LogP contribution in [0.25, 0.3) is 0 Å². The standard InChI is InChI=1S/2Cs.H2O.O/h;;1H2;/q2*+1;;-2. The Morgan fingerprint density at radius 2 is 0.750 bits per heavy atom. The molecule has 0 aromatic carbocycles. The summed E-state index contributed by atoms with van der Waals surface area (Å²) < 4.78 is 0. The van der Waals surface area contributed by atoms with Crippen LogP contribution in [0.15, 0.2) is 0 Å². The molecule has 0 aliphatic heterocycles. The van der Waals surface area contributed by atoms with Gasteiger partial charge in [0.1, 0.15) is 0 Å². The molecule has 0 spiro atoms. The first-order valence-corrected chi connectivity index (χ1v) is 0. The van der Waals surface area contributed by atoms with Crippen LogP contribution >= 0.6 is 0 Å². The van der Waals surface area contributed by atoms with Gasteiger partial charge >= 0.3 is 138 Å². The summed E-state index contributed by atoms with van der Waals surface area (Å²) in [6, 6.07) is 0. The van der Waals surface area contributed by atoms with Crippen molar-refractivity contribution in [2.75, 3.05) is 0 Å². The quantitative estimate of drug-likeness (QED) is 0.427. The summed E-state index contributed by atoms with van der Waals surface area (Å²) in [5.41, 5.74) is 0. The fraction of sp³-hybridized carbons (Fsp3) is 0. The minimum atomic E-state index is 0. The number of hydrogen-bond acceptors (Lipinski definition) is 0. The second kappa shape index (κ2) is 15.7. The molecule has 16 valence electrons. The SMILES string of the molecule is O.[Cs+].[Cs+].[O-2]. The predicted molar refractivity (Wildman–Crippen MR) is 4.30 cm³/mol. The smallest absolute Gasteiger partial charge is 1.00 e. The van der Waals surface area contributed by atoms with Crippen LogP contribution < -0.4 is 138 Å². The summed E-state index contributed by atoms with van der Waals surface area (Å²) in [5, 5.41) is 0. The van der Waals surface area contributed by atoms with Gasteiger partial charge in [-0.2, -0.15) is 0 Å². The van der Waals surface area contributed by atoms with Gasteiger partial charge in [-0.05, 0) is 0 Å². The maximum Gasteiger partial charge on any atom is 1.00 e. The second-order valence-corrected chi connectivity index (χ2v) is 0. The van der Waals surface area contributed by atoms with Gasteiger partial charge in [-0.15, -0.1) is 0 Å². The molecule has 2 nitrogen and oxygen atoms in total. The van der Waals surface area contributed by atoms with Crippen LogP contribution in [0, 0.1) is 0 Å². The number of hydrogen-bond donors (Lipinski definition) is 0. The van der Waals surface area contributed by atoms with E-state index in [1.807, 2.05) is 0 Å². The van der Waals surface area contributed by atoms with E-state index in [4.69, 9.17) is 0 Å². The van der Waals surface area contributed by atoms with Gasteiger partial charge in [0.2, 0.25) is 0 Å². The zero-order chi connectivity index (χ0) is 0. The van der Waals surface area contributed by atoms with Crippen LogP contribution in [0.4, 0.5) is 0 Å².